The zero-order valence-corrected chi connectivity index (χ0v) is 10.2. The van der Waals surface area contributed by atoms with Gasteiger partial charge in [-0.25, -0.2) is 4.98 Å². The standard InChI is InChI=1S/C11H16ClN3O/c1-3-4-7(2)14-11(16)10-8(12)5-6-9(13)15-10/h5-7H,3-4H2,1-2H3,(H2,13,15)(H,14,16). The number of carbonyl (C=O) groups excluding carboxylic acids is 1. The Morgan fingerprint density at radius 2 is 2.31 bits per heavy atom. The zero-order chi connectivity index (χ0) is 12.1. The van der Waals surface area contributed by atoms with Crippen molar-refractivity contribution in [1.29, 1.82) is 0 Å². The number of hydrogen-bond acceptors (Lipinski definition) is 3. The Morgan fingerprint density at radius 3 is 2.94 bits per heavy atom. The molecule has 0 bridgehead atoms. The molecule has 1 heterocycles. The predicted octanol–water partition coefficient (Wildman–Crippen LogP) is 2.24. The van der Waals surface area contributed by atoms with Crippen LogP contribution in [0.15, 0.2) is 12.1 Å². The van der Waals surface area contributed by atoms with Crippen LogP contribution in [0.4, 0.5) is 5.82 Å². The average molecular weight is 242 g/mol. The van der Waals surface area contributed by atoms with Gasteiger partial charge >= 0.3 is 0 Å². The highest BCUT2D eigenvalue weighted by molar-refractivity contribution is 6.33. The second-order valence-electron chi connectivity index (χ2n) is 3.73. The van der Waals surface area contributed by atoms with Gasteiger partial charge < -0.3 is 11.1 Å². The van der Waals surface area contributed by atoms with Crippen LogP contribution in [0, 0.1) is 0 Å². The van der Waals surface area contributed by atoms with E-state index in [1.807, 2.05) is 6.92 Å². The lowest BCUT2D eigenvalue weighted by Gasteiger charge is -2.12. The first-order chi connectivity index (χ1) is 7.54. The number of halogens is 1. The maximum Gasteiger partial charge on any atom is 0.271 e. The van der Waals surface area contributed by atoms with Crippen LogP contribution in [-0.2, 0) is 0 Å². The molecular formula is C11H16ClN3O. The van der Waals surface area contributed by atoms with E-state index in [2.05, 4.69) is 17.2 Å². The maximum absolute atomic E-state index is 11.8. The molecule has 0 saturated heterocycles. The van der Waals surface area contributed by atoms with Gasteiger partial charge in [0.25, 0.3) is 5.91 Å². The predicted molar refractivity (Wildman–Crippen MR) is 65.5 cm³/mol. The van der Waals surface area contributed by atoms with Gasteiger partial charge in [-0.1, -0.05) is 24.9 Å². The van der Waals surface area contributed by atoms with Crippen molar-refractivity contribution in [3.63, 3.8) is 0 Å². The second kappa shape index (κ2) is 5.70. The van der Waals surface area contributed by atoms with Gasteiger partial charge in [-0.2, -0.15) is 0 Å². The third kappa shape index (κ3) is 3.38. The fourth-order valence-electron chi connectivity index (χ4n) is 1.41. The van der Waals surface area contributed by atoms with Gasteiger partial charge in [-0.15, -0.1) is 0 Å². The minimum absolute atomic E-state index is 0.108. The molecule has 0 radical (unpaired) electrons. The monoisotopic (exact) mass is 241 g/mol. The van der Waals surface area contributed by atoms with E-state index < -0.39 is 0 Å². The van der Waals surface area contributed by atoms with E-state index in [4.69, 9.17) is 17.3 Å². The number of nitrogens with one attached hydrogen (secondary N) is 1. The summed E-state index contributed by atoms with van der Waals surface area (Å²) in [6.07, 6.45) is 1.94. The Hall–Kier alpha value is -1.29. The van der Waals surface area contributed by atoms with E-state index in [0.29, 0.717) is 5.02 Å². The van der Waals surface area contributed by atoms with Crippen molar-refractivity contribution in [1.82, 2.24) is 10.3 Å². The molecule has 0 aliphatic rings. The Bertz CT molecular complexity index is 381. The lowest BCUT2D eigenvalue weighted by molar-refractivity contribution is 0.0933. The summed E-state index contributed by atoms with van der Waals surface area (Å²) < 4.78 is 0. The molecule has 3 N–H and O–H groups in total. The third-order valence-electron chi connectivity index (χ3n) is 2.18. The number of aromatic nitrogens is 1. The second-order valence-corrected chi connectivity index (χ2v) is 4.14. The fourth-order valence-corrected chi connectivity index (χ4v) is 1.60. The van der Waals surface area contributed by atoms with Gasteiger partial charge in [-0.05, 0) is 25.5 Å². The van der Waals surface area contributed by atoms with Crippen LogP contribution < -0.4 is 11.1 Å². The van der Waals surface area contributed by atoms with Gasteiger partial charge in [0.05, 0.1) is 5.02 Å². The number of carbonyl (C=O) groups is 1. The molecule has 1 amide bonds. The molecule has 16 heavy (non-hydrogen) atoms. The van der Waals surface area contributed by atoms with E-state index in [1.54, 1.807) is 12.1 Å². The van der Waals surface area contributed by atoms with Crippen molar-refractivity contribution in [2.75, 3.05) is 5.73 Å². The minimum Gasteiger partial charge on any atom is -0.384 e. The first-order valence-electron chi connectivity index (χ1n) is 5.27. The molecule has 1 atom stereocenters. The summed E-state index contributed by atoms with van der Waals surface area (Å²) in [4.78, 5) is 15.7. The van der Waals surface area contributed by atoms with Gasteiger partial charge in [0.1, 0.15) is 11.5 Å². The van der Waals surface area contributed by atoms with E-state index >= 15 is 0 Å². The van der Waals surface area contributed by atoms with Crippen LogP contribution in [-0.4, -0.2) is 16.9 Å². The smallest absolute Gasteiger partial charge is 0.271 e. The number of amides is 1. The normalized spacial score (nSPS) is 12.2. The molecule has 4 nitrogen and oxygen atoms in total. The summed E-state index contributed by atoms with van der Waals surface area (Å²) >= 11 is 5.87. The zero-order valence-electron chi connectivity index (χ0n) is 9.46. The quantitative estimate of drug-likeness (QED) is 0.850. The molecule has 0 aromatic carbocycles. The average Bonchev–Trinajstić information content (AvgIpc) is 2.21. The topological polar surface area (TPSA) is 68.0 Å². The van der Waals surface area contributed by atoms with Crippen LogP contribution in [0.1, 0.15) is 37.2 Å². The van der Waals surface area contributed by atoms with Crippen molar-refractivity contribution in [3.05, 3.63) is 22.8 Å². The number of nitrogen functional groups attached to an aromatic ring is 1. The lowest BCUT2D eigenvalue weighted by Crippen LogP contribution is -2.33. The summed E-state index contributed by atoms with van der Waals surface area (Å²) in [6.45, 7) is 4.01. The highest BCUT2D eigenvalue weighted by Gasteiger charge is 2.14. The number of nitrogens with zero attached hydrogens (tertiary/aromatic N) is 1. The molecule has 0 aliphatic heterocycles. The van der Waals surface area contributed by atoms with Gasteiger partial charge in [-0.3, -0.25) is 4.79 Å². The maximum atomic E-state index is 11.8. The van der Waals surface area contributed by atoms with Crippen LogP contribution >= 0.6 is 11.6 Å². The molecule has 1 rings (SSSR count). The SMILES string of the molecule is CCCC(C)NC(=O)c1nc(N)ccc1Cl. The Kier molecular flexibility index (Phi) is 4.55. The van der Waals surface area contributed by atoms with E-state index in [-0.39, 0.29) is 23.5 Å². The van der Waals surface area contributed by atoms with Gasteiger partial charge in [0.2, 0.25) is 0 Å². The van der Waals surface area contributed by atoms with Gasteiger partial charge in [0.15, 0.2) is 0 Å². The molecule has 5 heteroatoms. The number of nitrogens with two attached hydrogens (primary N) is 1. The molecule has 0 aliphatic carbocycles. The molecule has 1 unspecified atom stereocenters. The molecule has 0 fully saturated rings. The largest absolute Gasteiger partial charge is 0.384 e. The summed E-state index contributed by atoms with van der Waals surface area (Å²) in [7, 11) is 0. The summed E-state index contributed by atoms with van der Waals surface area (Å²) in [6, 6.07) is 3.24. The minimum atomic E-state index is -0.279. The highest BCUT2D eigenvalue weighted by Crippen LogP contribution is 2.15. The number of hydrogen-bond donors (Lipinski definition) is 2. The van der Waals surface area contributed by atoms with E-state index in [0.717, 1.165) is 12.8 Å². The first kappa shape index (κ1) is 12.8. The van der Waals surface area contributed by atoms with Crippen LogP contribution in [0.5, 0.6) is 0 Å². The van der Waals surface area contributed by atoms with Gasteiger partial charge in [0, 0.05) is 6.04 Å². The number of rotatable bonds is 4. The van der Waals surface area contributed by atoms with Crippen LogP contribution in [0.25, 0.3) is 0 Å². The van der Waals surface area contributed by atoms with Crippen LogP contribution in [0.2, 0.25) is 5.02 Å². The van der Waals surface area contributed by atoms with Crippen LogP contribution in [0.3, 0.4) is 0 Å². The summed E-state index contributed by atoms with van der Waals surface area (Å²) in [5, 5.41) is 3.14. The van der Waals surface area contributed by atoms with Crippen molar-refractivity contribution < 1.29 is 4.79 Å². The Morgan fingerprint density at radius 1 is 1.62 bits per heavy atom. The lowest BCUT2D eigenvalue weighted by atomic mass is 10.2. The van der Waals surface area contributed by atoms with E-state index in [1.165, 1.54) is 0 Å². The number of anilines is 1. The molecular weight excluding hydrogens is 226 g/mol. The van der Waals surface area contributed by atoms with Crippen molar-refractivity contribution in [2.24, 2.45) is 0 Å². The fraction of sp³-hybridized carbons (Fsp3) is 0.455. The third-order valence-corrected chi connectivity index (χ3v) is 2.49. The molecule has 0 saturated carbocycles. The Labute approximate surface area is 100 Å². The molecule has 88 valence electrons. The molecule has 1 aromatic rings. The first-order valence-corrected chi connectivity index (χ1v) is 5.65. The van der Waals surface area contributed by atoms with Crippen molar-refractivity contribution >= 4 is 23.3 Å². The molecule has 0 spiro atoms. The summed E-state index contributed by atoms with van der Waals surface area (Å²) in [5.74, 6) is 0.0101. The van der Waals surface area contributed by atoms with E-state index in [9.17, 15) is 4.79 Å². The van der Waals surface area contributed by atoms with Crippen molar-refractivity contribution in [2.45, 2.75) is 32.7 Å². The highest BCUT2D eigenvalue weighted by atomic mass is 35.5. The Balaban J connectivity index is 2.76. The van der Waals surface area contributed by atoms with Crippen molar-refractivity contribution in [3.8, 4) is 0 Å². The number of pyridine rings is 1. The summed E-state index contributed by atoms with van der Waals surface area (Å²) in [5.41, 5.74) is 5.69. The molecule has 1 aromatic heterocycles.